The van der Waals surface area contributed by atoms with E-state index < -0.39 is 23.8 Å². The van der Waals surface area contributed by atoms with Crippen LogP contribution in [-0.2, 0) is 14.4 Å². The molecule has 1 aliphatic rings. The van der Waals surface area contributed by atoms with Crippen LogP contribution in [0, 0.1) is 3.57 Å². The van der Waals surface area contributed by atoms with Crippen molar-refractivity contribution in [3.8, 4) is 11.5 Å². The van der Waals surface area contributed by atoms with Crippen LogP contribution >= 0.6 is 50.1 Å². The van der Waals surface area contributed by atoms with E-state index in [4.69, 9.17) is 21.1 Å². The normalized spacial score (nSPS) is 14.3. The van der Waals surface area contributed by atoms with E-state index in [2.05, 4.69) is 26.6 Å². The first-order chi connectivity index (χ1) is 18.7. The lowest BCUT2D eigenvalue weighted by molar-refractivity contribution is -0.122. The zero-order valence-electron chi connectivity index (χ0n) is 20.3. The van der Waals surface area contributed by atoms with E-state index in [9.17, 15) is 19.2 Å². The minimum absolute atomic E-state index is 0.233. The molecule has 0 unspecified atom stereocenters. The fraction of sp³-hybridized carbons (Fsp3) is 0.111. The van der Waals surface area contributed by atoms with Crippen molar-refractivity contribution in [3.63, 3.8) is 0 Å². The zero-order valence-corrected chi connectivity index (χ0v) is 24.8. The first-order valence-corrected chi connectivity index (χ1v) is 13.7. The highest BCUT2D eigenvalue weighted by molar-refractivity contribution is 14.1. The van der Waals surface area contributed by atoms with Gasteiger partial charge < -0.3 is 14.8 Å². The lowest BCUT2D eigenvalue weighted by Crippen LogP contribution is -2.54. The first kappa shape index (κ1) is 28.6. The quantitative estimate of drug-likeness (QED) is 0.173. The number of amides is 5. The highest BCUT2D eigenvalue weighted by Crippen LogP contribution is 2.35. The number of urea groups is 1. The van der Waals surface area contributed by atoms with Gasteiger partial charge in [0, 0.05) is 4.47 Å². The molecule has 4 rings (SSSR count). The molecule has 1 heterocycles. The van der Waals surface area contributed by atoms with Gasteiger partial charge in [0.05, 0.1) is 26.6 Å². The van der Waals surface area contributed by atoms with Crippen LogP contribution in [0.25, 0.3) is 6.08 Å². The van der Waals surface area contributed by atoms with Gasteiger partial charge in [0.1, 0.15) is 5.57 Å². The standard InChI is InChI=1S/C27H20BrClIN3O6/c1-2-38-22-13-15(12-20(30)24(22)39-14-23(34)31-21-6-4-3-5-19(21)29)11-18-25(35)32-27(37)33(26(18)36)17-9-7-16(28)8-10-17/h3-13H,2,14H2,1H3,(H,31,34)(H,32,35,37)/b18-11+. The number of hydrogen-bond donors (Lipinski definition) is 2. The van der Waals surface area contributed by atoms with Crippen LogP contribution in [0.15, 0.2) is 70.7 Å². The minimum Gasteiger partial charge on any atom is -0.490 e. The molecule has 5 amide bonds. The van der Waals surface area contributed by atoms with Crippen LogP contribution in [0.4, 0.5) is 16.2 Å². The Bertz CT molecular complexity index is 1500. The monoisotopic (exact) mass is 723 g/mol. The molecule has 9 nitrogen and oxygen atoms in total. The summed E-state index contributed by atoms with van der Waals surface area (Å²) in [6.45, 7) is 1.77. The third-order valence-corrected chi connectivity index (χ3v) is 6.98. The summed E-state index contributed by atoms with van der Waals surface area (Å²) in [5.41, 5.74) is 0.992. The van der Waals surface area contributed by atoms with Crippen LogP contribution in [0.2, 0.25) is 5.02 Å². The average Bonchev–Trinajstić information content (AvgIpc) is 2.88. The highest BCUT2D eigenvalue weighted by atomic mass is 127. The van der Waals surface area contributed by atoms with E-state index in [1.54, 1.807) is 67.6 Å². The molecule has 0 aromatic heterocycles. The molecule has 0 radical (unpaired) electrons. The van der Waals surface area contributed by atoms with Gasteiger partial charge in [-0.05, 0) is 89.7 Å². The molecule has 2 N–H and O–H groups in total. The van der Waals surface area contributed by atoms with Crippen molar-refractivity contribution in [2.24, 2.45) is 0 Å². The number of benzene rings is 3. The second-order valence-corrected chi connectivity index (χ2v) is 10.5. The maximum Gasteiger partial charge on any atom is 0.335 e. The third-order valence-electron chi connectivity index (χ3n) is 5.32. The van der Waals surface area contributed by atoms with Crippen molar-refractivity contribution in [1.29, 1.82) is 0 Å². The smallest absolute Gasteiger partial charge is 0.335 e. The number of anilines is 2. The molecule has 0 atom stereocenters. The van der Waals surface area contributed by atoms with E-state index in [0.29, 0.717) is 43.6 Å². The summed E-state index contributed by atoms with van der Waals surface area (Å²) in [6.07, 6.45) is 1.37. The van der Waals surface area contributed by atoms with Gasteiger partial charge in [-0.2, -0.15) is 0 Å². The van der Waals surface area contributed by atoms with Gasteiger partial charge in [0.25, 0.3) is 17.7 Å². The number of carbonyl (C=O) groups excluding carboxylic acids is 4. The average molecular weight is 725 g/mol. The van der Waals surface area contributed by atoms with Gasteiger partial charge in [-0.15, -0.1) is 0 Å². The van der Waals surface area contributed by atoms with E-state index >= 15 is 0 Å². The predicted octanol–water partition coefficient (Wildman–Crippen LogP) is 5.79. The van der Waals surface area contributed by atoms with Crippen LogP contribution in [0.5, 0.6) is 11.5 Å². The van der Waals surface area contributed by atoms with Gasteiger partial charge >= 0.3 is 6.03 Å². The molecule has 1 aliphatic heterocycles. The van der Waals surface area contributed by atoms with Crippen molar-refractivity contribution in [2.45, 2.75) is 6.92 Å². The summed E-state index contributed by atoms with van der Waals surface area (Å²) in [5, 5.41) is 5.28. The number of nitrogens with one attached hydrogen (secondary N) is 2. The number of barbiturate groups is 1. The van der Waals surface area contributed by atoms with E-state index in [0.717, 1.165) is 9.37 Å². The number of ether oxygens (including phenoxy) is 2. The largest absolute Gasteiger partial charge is 0.490 e. The fourth-order valence-electron chi connectivity index (χ4n) is 3.61. The number of para-hydroxylation sites is 1. The molecule has 1 saturated heterocycles. The Morgan fingerprint density at radius 2 is 1.82 bits per heavy atom. The SMILES string of the molecule is CCOc1cc(/C=C2\C(=O)NC(=O)N(c3ccc(Br)cc3)C2=O)cc(I)c1OCC(=O)Nc1ccccc1Cl. The molecule has 0 spiro atoms. The van der Waals surface area contributed by atoms with Crippen molar-refractivity contribution in [1.82, 2.24) is 5.32 Å². The molecule has 1 fully saturated rings. The number of carbonyl (C=O) groups is 4. The predicted molar refractivity (Wildman–Crippen MR) is 159 cm³/mol. The molecular weight excluding hydrogens is 705 g/mol. The Kier molecular flexibility index (Phi) is 9.25. The van der Waals surface area contributed by atoms with Gasteiger partial charge in [-0.1, -0.05) is 39.7 Å². The second kappa shape index (κ2) is 12.6. The third kappa shape index (κ3) is 6.78. The van der Waals surface area contributed by atoms with Crippen molar-refractivity contribution in [2.75, 3.05) is 23.4 Å². The Labute approximate surface area is 250 Å². The molecule has 3 aromatic carbocycles. The lowest BCUT2D eigenvalue weighted by Gasteiger charge is -2.26. The Balaban J connectivity index is 1.58. The van der Waals surface area contributed by atoms with Gasteiger partial charge in [0.15, 0.2) is 18.1 Å². The van der Waals surface area contributed by atoms with Crippen molar-refractivity contribution < 1.29 is 28.7 Å². The van der Waals surface area contributed by atoms with Crippen LogP contribution in [-0.4, -0.2) is 37.0 Å². The van der Waals surface area contributed by atoms with Gasteiger partial charge in [0.2, 0.25) is 0 Å². The summed E-state index contributed by atoms with van der Waals surface area (Å²) in [6, 6.07) is 15.8. The summed E-state index contributed by atoms with van der Waals surface area (Å²) in [7, 11) is 0. The zero-order chi connectivity index (χ0) is 28.1. The molecule has 200 valence electrons. The molecule has 0 saturated carbocycles. The van der Waals surface area contributed by atoms with Crippen LogP contribution in [0.1, 0.15) is 12.5 Å². The number of rotatable bonds is 8. The molecule has 3 aromatic rings. The first-order valence-electron chi connectivity index (χ1n) is 11.5. The Morgan fingerprint density at radius 3 is 2.51 bits per heavy atom. The summed E-state index contributed by atoms with van der Waals surface area (Å²) >= 11 is 11.4. The highest BCUT2D eigenvalue weighted by Gasteiger charge is 2.36. The van der Waals surface area contributed by atoms with Crippen LogP contribution < -0.4 is 25.0 Å². The van der Waals surface area contributed by atoms with E-state index in [1.165, 1.54) is 6.08 Å². The van der Waals surface area contributed by atoms with Crippen LogP contribution in [0.3, 0.4) is 0 Å². The topological polar surface area (TPSA) is 114 Å². The van der Waals surface area contributed by atoms with Gasteiger partial charge in [-0.3, -0.25) is 19.7 Å². The molecular formula is C27H20BrClIN3O6. The number of halogens is 3. The Morgan fingerprint density at radius 1 is 1.10 bits per heavy atom. The van der Waals surface area contributed by atoms with Crippen molar-refractivity contribution in [3.05, 3.63) is 84.9 Å². The Hall–Kier alpha value is -3.42. The molecule has 39 heavy (non-hydrogen) atoms. The minimum atomic E-state index is -0.840. The van der Waals surface area contributed by atoms with Crippen molar-refractivity contribution >= 4 is 91.3 Å². The van der Waals surface area contributed by atoms with E-state index in [1.807, 2.05) is 22.6 Å². The number of imide groups is 2. The van der Waals surface area contributed by atoms with E-state index in [-0.39, 0.29) is 12.2 Å². The lowest BCUT2D eigenvalue weighted by atomic mass is 10.1. The van der Waals surface area contributed by atoms with Gasteiger partial charge in [-0.25, -0.2) is 9.69 Å². The maximum atomic E-state index is 13.2. The fourth-order valence-corrected chi connectivity index (χ4v) is 4.84. The number of hydrogen-bond acceptors (Lipinski definition) is 6. The maximum absolute atomic E-state index is 13.2. The summed E-state index contributed by atoms with van der Waals surface area (Å²) in [4.78, 5) is 51.6. The molecule has 0 bridgehead atoms. The molecule has 12 heteroatoms. The summed E-state index contributed by atoms with van der Waals surface area (Å²) in [5.74, 6) is -1.38. The second-order valence-electron chi connectivity index (χ2n) is 8.01. The molecule has 0 aliphatic carbocycles. The summed E-state index contributed by atoms with van der Waals surface area (Å²) < 4.78 is 12.8. The number of nitrogens with zero attached hydrogens (tertiary/aromatic N) is 1.